The fourth-order valence-electron chi connectivity index (χ4n) is 7.57. The molecule has 0 aliphatic heterocycles. The van der Waals surface area contributed by atoms with Crippen LogP contribution in [0.3, 0.4) is 0 Å². The van der Waals surface area contributed by atoms with Crippen molar-refractivity contribution in [2.24, 2.45) is 0 Å². The number of nitrogens with zero attached hydrogens (tertiary/aromatic N) is 6. The summed E-state index contributed by atoms with van der Waals surface area (Å²) in [5.41, 5.74) is 7.55. The molecule has 6 nitrogen and oxygen atoms in total. The van der Waals surface area contributed by atoms with E-state index in [2.05, 4.69) is 91.0 Å². The number of hydrogen-bond donors (Lipinski definition) is 0. The van der Waals surface area contributed by atoms with Crippen LogP contribution in [-0.2, 0) is 0 Å². The van der Waals surface area contributed by atoms with E-state index in [-0.39, 0.29) is 0 Å². The molecular weight excluding hydrogens is 741 g/mol. The molecule has 0 amide bonds. The first-order chi connectivity index (χ1) is 29.2. The van der Waals surface area contributed by atoms with Gasteiger partial charge in [0.1, 0.15) is 0 Å². The first-order valence-corrected chi connectivity index (χ1v) is 20.3. The summed E-state index contributed by atoms with van der Waals surface area (Å²) in [6.07, 6.45) is 0. The van der Waals surface area contributed by atoms with E-state index in [0.717, 1.165) is 44.5 Å². The first kappa shape index (κ1) is 34.5. The molecular formula is C52H32N6S. The highest BCUT2D eigenvalue weighted by Gasteiger charge is 2.17. The highest BCUT2D eigenvalue weighted by atomic mass is 32.1. The molecule has 0 saturated carbocycles. The Labute approximate surface area is 344 Å². The average molecular weight is 773 g/mol. The topological polar surface area (TPSA) is 77.3 Å². The molecule has 11 rings (SSSR count). The van der Waals surface area contributed by atoms with Gasteiger partial charge in [-0.2, -0.15) is 0 Å². The maximum atomic E-state index is 5.15. The molecule has 0 N–H and O–H groups in total. The summed E-state index contributed by atoms with van der Waals surface area (Å²) in [7, 11) is 0. The molecule has 276 valence electrons. The highest BCUT2D eigenvalue weighted by molar-refractivity contribution is 7.25. The van der Waals surface area contributed by atoms with Gasteiger partial charge in [-0.3, -0.25) is 0 Å². The van der Waals surface area contributed by atoms with Crippen LogP contribution in [0.2, 0.25) is 0 Å². The molecule has 3 heterocycles. The van der Waals surface area contributed by atoms with Gasteiger partial charge in [-0.1, -0.05) is 152 Å². The Morgan fingerprint density at radius 2 is 0.593 bits per heavy atom. The van der Waals surface area contributed by atoms with Crippen LogP contribution in [0.1, 0.15) is 0 Å². The fraction of sp³-hybridized carbons (Fsp3) is 0. The van der Waals surface area contributed by atoms with Gasteiger partial charge in [-0.25, -0.2) is 29.9 Å². The molecule has 0 spiro atoms. The lowest BCUT2D eigenvalue weighted by Gasteiger charge is -2.11. The van der Waals surface area contributed by atoms with Gasteiger partial charge in [0.05, 0.1) is 0 Å². The van der Waals surface area contributed by atoms with E-state index in [4.69, 9.17) is 29.9 Å². The van der Waals surface area contributed by atoms with Crippen molar-refractivity contribution in [2.75, 3.05) is 0 Å². The zero-order valence-corrected chi connectivity index (χ0v) is 32.4. The van der Waals surface area contributed by atoms with Crippen molar-refractivity contribution < 1.29 is 0 Å². The van der Waals surface area contributed by atoms with Gasteiger partial charge in [0.2, 0.25) is 0 Å². The number of aromatic nitrogens is 6. The van der Waals surface area contributed by atoms with Gasteiger partial charge in [0.15, 0.2) is 34.9 Å². The molecule has 3 aromatic heterocycles. The molecule has 0 saturated heterocycles. The van der Waals surface area contributed by atoms with E-state index in [1.54, 1.807) is 0 Å². The Hall–Kier alpha value is -7.74. The quantitative estimate of drug-likeness (QED) is 0.161. The van der Waals surface area contributed by atoms with Crippen LogP contribution in [0.25, 0.3) is 110 Å². The summed E-state index contributed by atoms with van der Waals surface area (Å²) in [4.78, 5) is 30.1. The fourth-order valence-corrected chi connectivity index (χ4v) is 8.68. The largest absolute Gasteiger partial charge is 0.208 e. The van der Waals surface area contributed by atoms with E-state index in [9.17, 15) is 0 Å². The monoisotopic (exact) mass is 772 g/mol. The molecule has 0 unspecified atom stereocenters. The first-order valence-electron chi connectivity index (χ1n) is 19.4. The zero-order valence-electron chi connectivity index (χ0n) is 31.6. The van der Waals surface area contributed by atoms with Gasteiger partial charge in [0, 0.05) is 53.6 Å². The van der Waals surface area contributed by atoms with Crippen LogP contribution in [0.4, 0.5) is 0 Å². The van der Waals surface area contributed by atoms with Gasteiger partial charge in [-0.05, 0) is 64.4 Å². The van der Waals surface area contributed by atoms with Crippen molar-refractivity contribution >= 4 is 42.3 Å². The molecule has 0 bridgehead atoms. The van der Waals surface area contributed by atoms with Crippen molar-refractivity contribution in [1.82, 2.24) is 29.9 Å². The van der Waals surface area contributed by atoms with E-state index in [0.29, 0.717) is 34.9 Å². The Morgan fingerprint density at radius 1 is 0.237 bits per heavy atom. The van der Waals surface area contributed by atoms with Gasteiger partial charge in [0.25, 0.3) is 0 Å². The van der Waals surface area contributed by atoms with Gasteiger partial charge < -0.3 is 0 Å². The summed E-state index contributed by atoms with van der Waals surface area (Å²) in [5, 5.41) is 4.91. The Morgan fingerprint density at radius 3 is 1.07 bits per heavy atom. The Kier molecular flexibility index (Phi) is 8.56. The molecule has 0 fully saturated rings. The van der Waals surface area contributed by atoms with Crippen LogP contribution in [0.5, 0.6) is 0 Å². The van der Waals surface area contributed by atoms with E-state index in [1.165, 1.54) is 30.9 Å². The molecule has 7 heteroatoms. The predicted molar refractivity (Wildman–Crippen MR) is 242 cm³/mol. The van der Waals surface area contributed by atoms with Crippen LogP contribution in [-0.4, -0.2) is 29.9 Å². The van der Waals surface area contributed by atoms with Crippen molar-refractivity contribution in [3.8, 4) is 79.5 Å². The maximum Gasteiger partial charge on any atom is 0.164 e. The minimum absolute atomic E-state index is 0.602. The highest BCUT2D eigenvalue weighted by Crippen LogP contribution is 2.39. The molecule has 11 aromatic rings. The molecule has 0 radical (unpaired) electrons. The summed E-state index contributed by atoms with van der Waals surface area (Å²) in [6.45, 7) is 0. The zero-order chi connectivity index (χ0) is 39.1. The van der Waals surface area contributed by atoms with Crippen LogP contribution >= 0.6 is 11.3 Å². The normalized spacial score (nSPS) is 11.4. The number of benzene rings is 8. The minimum atomic E-state index is 0.602. The number of thiophene rings is 1. The standard InChI is InChI=1S/C52H32N6S/c1-4-14-33(15-5-1)47-53-48(34-16-6-2-7-17-34)55-50(54-47)40-24-12-22-36(28-40)37-23-13-25-41(29-37)51-56-49(35-18-8-3-9-19-35)57-52(58-51)42-26-27-45-43(31-42)44-30-38-20-10-11-21-39(38)32-46(44)59-45/h1-32H. The average Bonchev–Trinajstić information content (AvgIpc) is 3.68. The maximum absolute atomic E-state index is 5.15. The summed E-state index contributed by atoms with van der Waals surface area (Å²) >= 11 is 1.81. The summed E-state index contributed by atoms with van der Waals surface area (Å²) < 4.78 is 2.50. The molecule has 8 aromatic carbocycles. The summed E-state index contributed by atoms with van der Waals surface area (Å²) in [5.74, 6) is 3.71. The van der Waals surface area contributed by atoms with Crippen molar-refractivity contribution in [3.63, 3.8) is 0 Å². The summed E-state index contributed by atoms with van der Waals surface area (Å²) in [6, 6.07) is 66.6. The van der Waals surface area contributed by atoms with Gasteiger partial charge in [-0.15, -0.1) is 11.3 Å². The van der Waals surface area contributed by atoms with Crippen LogP contribution in [0.15, 0.2) is 194 Å². The van der Waals surface area contributed by atoms with E-state index >= 15 is 0 Å². The predicted octanol–water partition coefficient (Wildman–Crippen LogP) is 13.2. The lowest BCUT2D eigenvalue weighted by atomic mass is 10.0. The molecule has 59 heavy (non-hydrogen) atoms. The minimum Gasteiger partial charge on any atom is -0.208 e. The number of fused-ring (bicyclic) bond motifs is 4. The third-order valence-electron chi connectivity index (χ3n) is 10.5. The van der Waals surface area contributed by atoms with Crippen molar-refractivity contribution in [2.45, 2.75) is 0 Å². The molecule has 0 aliphatic rings. The Balaban J connectivity index is 1.00. The molecule has 0 aliphatic carbocycles. The SMILES string of the molecule is c1ccc(-c2nc(-c3ccccc3)nc(-c3cccc(-c4cccc(-c5nc(-c6ccccc6)nc(-c6ccc7sc8cc9ccccc9cc8c7c6)n5)c4)c3)n2)cc1. The second-order valence-corrected chi connectivity index (χ2v) is 15.5. The second kappa shape index (κ2) is 14.6. The third-order valence-corrected chi connectivity index (χ3v) is 11.7. The van der Waals surface area contributed by atoms with E-state index in [1.807, 2.05) is 114 Å². The Bertz CT molecular complexity index is 3270. The molecule has 0 atom stereocenters. The van der Waals surface area contributed by atoms with E-state index < -0.39 is 0 Å². The number of hydrogen-bond acceptors (Lipinski definition) is 7. The lowest BCUT2D eigenvalue weighted by Crippen LogP contribution is -2.00. The smallest absolute Gasteiger partial charge is 0.164 e. The lowest BCUT2D eigenvalue weighted by molar-refractivity contribution is 1.07. The third kappa shape index (κ3) is 6.69. The van der Waals surface area contributed by atoms with Crippen LogP contribution in [0, 0.1) is 0 Å². The number of rotatable bonds is 7. The van der Waals surface area contributed by atoms with Crippen molar-refractivity contribution in [3.05, 3.63) is 194 Å². The second-order valence-electron chi connectivity index (χ2n) is 14.4. The van der Waals surface area contributed by atoms with Gasteiger partial charge >= 0.3 is 0 Å². The van der Waals surface area contributed by atoms with Crippen LogP contribution < -0.4 is 0 Å². The van der Waals surface area contributed by atoms with Crippen molar-refractivity contribution in [1.29, 1.82) is 0 Å².